The lowest BCUT2D eigenvalue weighted by molar-refractivity contribution is -0.0518. The Morgan fingerprint density at radius 1 is 1.42 bits per heavy atom. The predicted molar refractivity (Wildman–Crippen MR) is 69.0 cm³/mol. The fourth-order valence-corrected chi connectivity index (χ4v) is 7.18. The van der Waals surface area contributed by atoms with Crippen molar-refractivity contribution in [3.8, 4) is 0 Å². The largest absolute Gasteiger partial charge is 0.394 e. The second-order valence-corrected chi connectivity index (χ2v) is 9.52. The van der Waals surface area contributed by atoms with E-state index in [1.54, 1.807) is 6.92 Å². The summed E-state index contributed by atoms with van der Waals surface area (Å²) in [5, 5.41) is 8.20. The van der Waals surface area contributed by atoms with E-state index in [4.69, 9.17) is 9.84 Å². The number of sulfonamides is 1. The van der Waals surface area contributed by atoms with Crippen molar-refractivity contribution >= 4 is 19.9 Å². The van der Waals surface area contributed by atoms with Gasteiger partial charge in [0.1, 0.15) is 0 Å². The van der Waals surface area contributed by atoms with Gasteiger partial charge in [-0.2, -0.15) is 4.31 Å². The van der Waals surface area contributed by atoms with Crippen molar-refractivity contribution in [2.45, 2.75) is 30.7 Å². The molecular weight excluding hydrogens is 294 g/mol. The minimum Gasteiger partial charge on any atom is -0.394 e. The highest BCUT2D eigenvalue weighted by atomic mass is 32.2. The SMILES string of the molecule is CC1COC(CO)CN1S(=O)(=O)C1CCS(=O)(=O)C1. The Kier molecular flexibility index (Phi) is 4.22. The van der Waals surface area contributed by atoms with Crippen LogP contribution in [0.25, 0.3) is 0 Å². The standard InChI is InChI=1S/C10H19NO6S2/c1-8-6-17-9(5-12)4-11(8)19(15,16)10-2-3-18(13,14)7-10/h8-10,12H,2-7H2,1H3. The van der Waals surface area contributed by atoms with E-state index in [-0.39, 0.29) is 43.7 Å². The number of ether oxygens (including phenoxy) is 1. The Balaban J connectivity index is 2.19. The van der Waals surface area contributed by atoms with Gasteiger partial charge in [0.2, 0.25) is 10.0 Å². The summed E-state index contributed by atoms with van der Waals surface area (Å²) in [6.45, 7) is 1.76. The first-order valence-corrected chi connectivity index (χ1v) is 9.52. The van der Waals surface area contributed by atoms with Crippen molar-refractivity contribution in [3.05, 3.63) is 0 Å². The fraction of sp³-hybridized carbons (Fsp3) is 1.00. The molecule has 0 spiro atoms. The first kappa shape index (κ1) is 15.2. The van der Waals surface area contributed by atoms with Crippen LogP contribution < -0.4 is 0 Å². The Labute approximate surface area is 113 Å². The van der Waals surface area contributed by atoms with Gasteiger partial charge in [-0.25, -0.2) is 16.8 Å². The van der Waals surface area contributed by atoms with Crippen molar-refractivity contribution in [2.75, 3.05) is 31.3 Å². The van der Waals surface area contributed by atoms with Crippen LogP contribution in [0.1, 0.15) is 13.3 Å². The van der Waals surface area contributed by atoms with Crippen LogP contribution in [0.2, 0.25) is 0 Å². The van der Waals surface area contributed by atoms with Crippen molar-refractivity contribution in [1.82, 2.24) is 4.31 Å². The molecular formula is C10H19NO6S2. The number of hydrogen-bond donors (Lipinski definition) is 1. The van der Waals surface area contributed by atoms with Crippen LogP contribution in [0.4, 0.5) is 0 Å². The van der Waals surface area contributed by atoms with E-state index in [2.05, 4.69) is 0 Å². The molecule has 0 radical (unpaired) electrons. The summed E-state index contributed by atoms with van der Waals surface area (Å²) < 4.78 is 54.4. The smallest absolute Gasteiger partial charge is 0.218 e. The van der Waals surface area contributed by atoms with Gasteiger partial charge in [0, 0.05) is 12.6 Å². The van der Waals surface area contributed by atoms with Gasteiger partial charge >= 0.3 is 0 Å². The lowest BCUT2D eigenvalue weighted by Gasteiger charge is -2.37. The first-order valence-electron chi connectivity index (χ1n) is 6.20. The average molecular weight is 313 g/mol. The third-order valence-corrected chi connectivity index (χ3v) is 7.98. The van der Waals surface area contributed by atoms with E-state index >= 15 is 0 Å². The van der Waals surface area contributed by atoms with Crippen LogP contribution in [0.15, 0.2) is 0 Å². The second kappa shape index (κ2) is 5.28. The van der Waals surface area contributed by atoms with E-state index in [1.807, 2.05) is 0 Å². The Hall–Kier alpha value is -0.220. The molecule has 0 saturated carbocycles. The highest BCUT2D eigenvalue weighted by Gasteiger charge is 2.43. The van der Waals surface area contributed by atoms with Crippen LogP contribution in [-0.4, -0.2) is 74.9 Å². The summed E-state index contributed by atoms with van der Waals surface area (Å²) in [6, 6.07) is -0.337. The van der Waals surface area contributed by atoms with Gasteiger partial charge in [0.15, 0.2) is 9.84 Å². The number of hydrogen-bond acceptors (Lipinski definition) is 6. The first-order chi connectivity index (χ1) is 8.76. The molecule has 2 fully saturated rings. The summed E-state index contributed by atoms with van der Waals surface area (Å²) in [5.41, 5.74) is 0. The van der Waals surface area contributed by atoms with Crippen LogP contribution in [-0.2, 0) is 24.6 Å². The average Bonchev–Trinajstić information content (AvgIpc) is 2.71. The van der Waals surface area contributed by atoms with Crippen LogP contribution in [0.5, 0.6) is 0 Å². The van der Waals surface area contributed by atoms with Crippen molar-refractivity contribution in [1.29, 1.82) is 0 Å². The van der Waals surface area contributed by atoms with E-state index in [0.717, 1.165) is 0 Å². The predicted octanol–water partition coefficient (Wildman–Crippen LogP) is -1.42. The molecule has 0 amide bonds. The molecule has 0 aromatic rings. The molecule has 2 aliphatic rings. The summed E-state index contributed by atoms with van der Waals surface area (Å²) in [7, 11) is -6.90. The molecule has 2 heterocycles. The Bertz CT molecular complexity index is 528. The number of rotatable bonds is 3. The maximum atomic E-state index is 12.5. The highest BCUT2D eigenvalue weighted by molar-refractivity contribution is 7.95. The number of aliphatic hydroxyl groups excluding tert-OH is 1. The van der Waals surface area contributed by atoms with Crippen LogP contribution in [0.3, 0.4) is 0 Å². The fourth-order valence-electron chi connectivity index (χ4n) is 2.44. The van der Waals surface area contributed by atoms with E-state index in [1.165, 1.54) is 4.31 Å². The third-order valence-electron chi connectivity index (χ3n) is 3.59. The summed E-state index contributed by atoms with van der Waals surface area (Å²) in [6.07, 6.45) is -0.387. The van der Waals surface area contributed by atoms with Gasteiger partial charge in [-0.05, 0) is 13.3 Å². The van der Waals surface area contributed by atoms with Crippen LogP contribution in [0, 0.1) is 0 Å². The van der Waals surface area contributed by atoms with Gasteiger partial charge in [0.05, 0.1) is 36.1 Å². The number of nitrogens with zero attached hydrogens (tertiary/aromatic N) is 1. The maximum absolute atomic E-state index is 12.5. The highest BCUT2D eigenvalue weighted by Crippen LogP contribution is 2.25. The van der Waals surface area contributed by atoms with Gasteiger partial charge in [-0.3, -0.25) is 0 Å². The third kappa shape index (κ3) is 3.10. The van der Waals surface area contributed by atoms with Crippen molar-refractivity contribution in [3.63, 3.8) is 0 Å². The lowest BCUT2D eigenvalue weighted by atomic mass is 10.2. The molecule has 0 bridgehead atoms. The topological polar surface area (TPSA) is 101 Å². The van der Waals surface area contributed by atoms with Crippen molar-refractivity contribution < 1.29 is 26.7 Å². The minimum absolute atomic E-state index is 0.0704. The van der Waals surface area contributed by atoms with Gasteiger partial charge in [-0.1, -0.05) is 0 Å². The Morgan fingerprint density at radius 3 is 2.63 bits per heavy atom. The van der Waals surface area contributed by atoms with E-state index in [9.17, 15) is 16.8 Å². The normalized spacial score (nSPS) is 36.4. The summed E-state index contributed by atoms with van der Waals surface area (Å²) in [5.74, 6) is -0.373. The number of sulfone groups is 1. The monoisotopic (exact) mass is 313 g/mol. The molecule has 2 aliphatic heterocycles. The molecule has 3 atom stereocenters. The zero-order valence-corrected chi connectivity index (χ0v) is 12.4. The molecule has 0 aromatic heterocycles. The molecule has 3 unspecified atom stereocenters. The maximum Gasteiger partial charge on any atom is 0.218 e. The summed E-state index contributed by atoms with van der Waals surface area (Å²) in [4.78, 5) is 0. The molecule has 0 aliphatic carbocycles. The number of aliphatic hydroxyl groups is 1. The van der Waals surface area contributed by atoms with Gasteiger partial charge in [0.25, 0.3) is 0 Å². The van der Waals surface area contributed by atoms with Gasteiger partial charge in [-0.15, -0.1) is 0 Å². The quantitative estimate of drug-likeness (QED) is 0.686. The Morgan fingerprint density at radius 2 is 2.11 bits per heavy atom. The number of morpholine rings is 1. The molecule has 19 heavy (non-hydrogen) atoms. The molecule has 2 saturated heterocycles. The molecule has 9 heteroatoms. The van der Waals surface area contributed by atoms with Crippen LogP contribution >= 0.6 is 0 Å². The molecule has 112 valence electrons. The van der Waals surface area contributed by atoms with Gasteiger partial charge < -0.3 is 9.84 Å². The molecule has 7 nitrogen and oxygen atoms in total. The lowest BCUT2D eigenvalue weighted by Crippen LogP contribution is -2.54. The molecule has 2 rings (SSSR count). The zero-order valence-electron chi connectivity index (χ0n) is 10.7. The second-order valence-electron chi connectivity index (χ2n) is 5.13. The molecule has 1 N–H and O–H groups in total. The molecule has 0 aromatic carbocycles. The summed E-state index contributed by atoms with van der Waals surface area (Å²) >= 11 is 0. The van der Waals surface area contributed by atoms with E-state index in [0.29, 0.717) is 0 Å². The van der Waals surface area contributed by atoms with Crippen molar-refractivity contribution in [2.24, 2.45) is 0 Å². The zero-order chi connectivity index (χ0) is 14.3. The minimum atomic E-state index is -3.66. The van der Waals surface area contributed by atoms with E-state index < -0.39 is 31.2 Å².